The maximum Gasteiger partial charge on any atom is 0.324 e. The third-order valence-corrected chi connectivity index (χ3v) is 4.26. The fourth-order valence-corrected chi connectivity index (χ4v) is 2.68. The molecule has 1 rings (SSSR count). The van der Waals surface area contributed by atoms with E-state index in [-0.39, 0.29) is 13.0 Å². The van der Waals surface area contributed by atoms with Crippen molar-refractivity contribution in [3.63, 3.8) is 0 Å². The molecule has 0 fully saturated rings. The van der Waals surface area contributed by atoms with Crippen LogP contribution in [0.15, 0.2) is 23.1 Å². The minimum atomic E-state index is -4.29. The molecule has 0 spiro atoms. The van der Waals surface area contributed by atoms with Crippen LogP contribution in [0.1, 0.15) is 20.3 Å². The summed E-state index contributed by atoms with van der Waals surface area (Å²) in [6, 6.07) is 2.80. The van der Waals surface area contributed by atoms with Gasteiger partial charge in [0.05, 0.1) is 10.5 Å². The lowest BCUT2D eigenvalue weighted by Gasteiger charge is -2.21. The van der Waals surface area contributed by atoms with Crippen molar-refractivity contribution >= 4 is 15.7 Å². The molecule has 0 radical (unpaired) electrons. The van der Waals surface area contributed by atoms with E-state index in [4.69, 9.17) is 0 Å². The Hall–Kier alpha value is -1.58. The monoisotopic (exact) mass is 306 g/mol. The van der Waals surface area contributed by atoms with Crippen molar-refractivity contribution in [3.05, 3.63) is 34.1 Å². The molecule has 0 aromatic heterocycles. The number of para-hydroxylation sites is 1. The molecule has 0 bridgehead atoms. The number of nitrogens with one attached hydrogen (secondary N) is 1. The Kier molecular flexibility index (Phi) is 4.79. The quantitative estimate of drug-likeness (QED) is 0.605. The summed E-state index contributed by atoms with van der Waals surface area (Å²) in [6.07, 6.45) is 0.279. The van der Waals surface area contributed by atoms with E-state index in [0.717, 1.165) is 18.2 Å². The Morgan fingerprint density at radius 1 is 1.50 bits per heavy atom. The summed E-state index contributed by atoms with van der Waals surface area (Å²) in [4.78, 5) is 8.91. The lowest BCUT2D eigenvalue weighted by atomic mass is 10.1. The van der Waals surface area contributed by atoms with Crippen molar-refractivity contribution in [3.8, 4) is 0 Å². The van der Waals surface area contributed by atoms with Gasteiger partial charge in [-0.1, -0.05) is 13.0 Å². The summed E-state index contributed by atoms with van der Waals surface area (Å²) in [5.74, 6) is -1.24. The van der Waals surface area contributed by atoms with Gasteiger partial charge in [-0.2, -0.15) is 4.39 Å². The van der Waals surface area contributed by atoms with Crippen LogP contribution in [-0.2, 0) is 10.0 Å². The van der Waals surface area contributed by atoms with E-state index < -0.39 is 36.9 Å². The average Bonchev–Trinajstić information content (AvgIpc) is 2.36. The minimum absolute atomic E-state index is 0.279. The predicted molar refractivity (Wildman–Crippen MR) is 69.2 cm³/mol. The van der Waals surface area contributed by atoms with Crippen LogP contribution >= 0.6 is 0 Å². The number of nitrogens with zero attached hydrogens (tertiary/aromatic N) is 1. The smallest absolute Gasteiger partial charge is 0.324 e. The summed E-state index contributed by atoms with van der Waals surface area (Å²) < 4.78 is 39.4. The minimum Gasteiger partial charge on any atom is -0.389 e. The van der Waals surface area contributed by atoms with Crippen LogP contribution in [0.5, 0.6) is 0 Å². The van der Waals surface area contributed by atoms with Crippen molar-refractivity contribution in [2.24, 2.45) is 0 Å². The van der Waals surface area contributed by atoms with Crippen LogP contribution in [-0.4, -0.2) is 30.6 Å². The zero-order valence-electron chi connectivity index (χ0n) is 11.0. The molecule has 112 valence electrons. The van der Waals surface area contributed by atoms with Gasteiger partial charge in [0.15, 0.2) is 4.90 Å². The zero-order chi connectivity index (χ0) is 15.6. The molecule has 0 aliphatic carbocycles. The molecule has 0 saturated heterocycles. The van der Waals surface area contributed by atoms with Crippen molar-refractivity contribution in [2.75, 3.05) is 6.54 Å². The van der Waals surface area contributed by atoms with Gasteiger partial charge in [0.25, 0.3) is 0 Å². The van der Waals surface area contributed by atoms with Gasteiger partial charge in [0.2, 0.25) is 15.8 Å². The number of benzene rings is 1. The maximum absolute atomic E-state index is 13.4. The summed E-state index contributed by atoms with van der Waals surface area (Å²) in [5.41, 5.74) is -2.41. The summed E-state index contributed by atoms with van der Waals surface area (Å²) in [7, 11) is -4.29. The number of rotatable bonds is 6. The number of aliphatic hydroxyl groups is 1. The molecule has 0 aliphatic heterocycles. The molecule has 0 amide bonds. The SMILES string of the molecule is CCC(C)(O)CNS(=O)(=O)c1cccc(F)c1[N+](=O)[O-]. The van der Waals surface area contributed by atoms with Gasteiger partial charge in [-0.3, -0.25) is 10.1 Å². The van der Waals surface area contributed by atoms with E-state index in [9.17, 15) is 28.0 Å². The van der Waals surface area contributed by atoms with Crippen molar-refractivity contribution < 1.29 is 22.8 Å². The molecule has 9 heteroatoms. The molecule has 20 heavy (non-hydrogen) atoms. The molecular weight excluding hydrogens is 291 g/mol. The Morgan fingerprint density at radius 2 is 2.10 bits per heavy atom. The average molecular weight is 306 g/mol. The number of hydrogen-bond acceptors (Lipinski definition) is 5. The Balaban J connectivity index is 3.17. The number of nitro groups is 1. The fourth-order valence-electron chi connectivity index (χ4n) is 1.34. The van der Waals surface area contributed by atoms with E-state index in [0.29, 0.717) is 0 Å². The Morgan fingerprint density at radius 3 is 2.60 bits per heavy atom. The van der Waals surface area contributed by atoms with Gasteiger partial charge in [0, 0.05) is 6.54 Å². The van der Waals surface area contributed by atoms with Gasteiger partial charge in [-0.25, -0.2) is 13.1 Å². The highest BCUT2D eigenvalue weighted by Gasteiger charge is 2.30. The van der Waals surface area contributed by atoms with E-state index in [1.807, 2.05) is 4.72 Å². The third-order valence-electron chi connectivity index (χ3n) is 2.83. The first-order valence-electron chi connectivity index (χ1n) is 5.75. The highest BCUT2D eigenvalue weighted by Crippen LogP contribution is 2.26. The summed E-state index contributed by atoms with van der Waals surface area (Å²) in [5, 5.41) is 20.5. The summed E-state index contributed by atoms with van der Waals surface area (Å²) >= 11 is 0. The van der Waals surface area contributed by atoms with Crippen molar-refractivity contribution in [1.29, 1.82) is 0 Å². The van der Waals surface area contributed by atoms with Crippen LogP contribution in [0.3, 0.4) is 0 Å². The van der Waals surface area contributed by atoms with Crippen molar-refractivity contribution in [2.45, 2.75) is 30.8 Å². The second-order valence-electron chi connectivity index (χ2n) is 4.52. The van der Waals surface area contributed by atoms with E-state index in [1.165, 1.54) is 6.92 Å². The van der Waals surface area contributed by atoms with Crippen LogP contribution in [0.25, 0.3) is 0 Å². The lowest BCUT2D eigenvalue weighted by molar-refractivity contribution is -0.390. The molecule has 0 heterocycles. The molecular formula is C11H15FN2O5S. The van der Waals surface area contributed by atoms with E-state index >= 15 is 0 Å². The van der Waals surface area contributed by atoms with Crippen LogP contribution < -0.4 is 4.72 Å². The first-order valence-corrected chi connectivity index (χ1v) is 7.24. The van der Waals surface area contributed by atoms with Gasteiger partial charge >= 0.3 is 5.69 Å². The molecule has 2 N–H and O–H groups in total. The third kappa shape index (κ3) is 3.71. The van der Waals surface area contributed by atoms with Gasteiger partial charge in [-0.05, 0) is 25.5 Å². The first kappa shape index (κ1) is 16.5. The van der Waals surface area contributed by atoms with Crippen LogP contribution in [0, 0.1) is 15.9 Å². The Labute approximate surface area is 115 Å². The largest absolute Gasteiger partial charge is 0.389 e. The fraction of sp³-hybridized carbons (Fsp3) is 0.455. The number of nitro benzene ring substituents is 1. The topological polar surface area (TPSA) is 110 Å². The Bertz CT molecular complexity index is 615. The summed E-state index contributed by atoms with van der Waals surface area (Å²) in [6.45, 7) is 2.73. The highest BCUT2D eigenvalue weighted by atomic mass is 32.2. The lowest BCUT2D eigenvalue weighted by Crippen LogP contribution is -2.40. The molecule has 1 atom stereocenters. The molecule has 1 aromatic carbocycles. The second-order valence-corrected chi connectivity index (χ2v) is 6.25. The normalized spacial score (nSPS) is 14.8. The van der Waals surface area contributed by atoms with E-state index in [2.05, 4.69) is 0 Å². The van der Waals surface area contributed by atoms with Gasteiger partial charge in [0.1, 0.15) is 0 Å². The molecule has 7 nitrogen and oxygen atoms in total. The number of hydrogen-bond donors (Lipinski definition) is 2. The molecule has 0 saturated carbocycles. The van der Waals surface area contributed by atoms with Crippen molar-refractivity contribution in [1.82, 2.24) is 4.72 Å². The van der Waals surface area contributed by atoms with Crippen LogP contribution in [0.2, 0.25) is 0 Å². The number of sulfonamides is 1. The van der Waals surface area contributed by atoms with Gasteiger partial charge < -0.3 is 5.11 Å². The molecule has 0 aliphatic rings. The van der Waals surface area contributed by atoms with E-state index in [1.54, 1.807) is 6.92 Å². The number of halogens is 1. The zero-order valence-corrected chi connectivity index (χ0v) is 11.8. The second kappa shape index (κ2) is 5.81. The first-order chi connectivity index (χ1) is 9.10. The van der Waals surface area contributed by atoms with Gasteiger partial charge in [-0.15, -0.1) is 0 Å². The molecule has 1 unspecified atom stereocenters. The maximum atomic E-state index is 13.4. The predicted octanol–water partition coefficient (Wildman–Crippen LogP) is 1.17. The molecule has 1 aromatic rings. The standard InChI is InChI=1S/C11H15FN2O5S/c1-3-11(2,15)7-13-20(18,19)9-6-4-5-8(12)10(9)14(16)17/h4-6,13,15H,3,7H2,1-2H3. The highest BCUT2D eigenvalue weighted by molar-refractivity contribution is 7.89. The van der Waals surface area contributed by atoms with Crippen LogP contribution in [0.4, 0.5) is 10.1 Å².